The van der Waals surface area contributed by atoms with E-state index in [2.05, 4.69) is 4.74 Å². The molecule has 0 aliphatic carbocycles. The molecule has 0 saturated carbocycles. The highest BCUT2D eigenvalue weighted by molar-refractivity contribution is 8.00. The molecule has 4 nitrogen and oxygen atoms in total. The molecule has 1 aliphatic heterocycles. The molecule has 0 aromatic heterocycles. The summed E-state index contributed by atoms with van der Waals surface area (Å²) in [7, 11) is 1.25. The number of nitrogens with zero attached hydrogens (tertiary/aromatic N) is 1. The molecule has 1 aliphatic rings. The lowest BCUT2D eigenvalue weighted by Gasteiger charge is -2.26. The lowest BCUT2D eigenvalue weighted by atomic mass is 10.1. The second-order valence-corrected chi connectivity index (χ2v) is 6.62. The van der Waals surface area contributed by atoms with E-state index >= 15 is 0 Å². The van der Waals surface area contributed by atoms with Gasteiger partial charge in [-0.25, -0.2) is 4.79 Å². The Kier molecular flexibility index (Phi) is 4.95. The van der Waals surface area contributed by atoms with Gasteiger partial charge in [0.15, 0.2) is 0 Å². The standard InChI is InChI=1S/C18H14F3NO3S/c1-25-17(24)11-6-8-12(9-7-11)22-15(23)10-26-16(22)13-4-2-3-5-14(13)18(19,20)21/h2-9,16H,10H2,1H3/t16-/m0/s1. The molecule has 0 unspecified atom stereocenters. The maximum Gasteiger partial charge on any atom is 0.416 e. The van der Waals surface area contributed by atoms with Crippen LogP contribution >= 0.6 is 11.8 Å². The largest absolute Gasteiger partial charge is 0.465 e. The number of benzene rings is 2. The highest BCUT2D eigenvalue weighted by atomic mass is 32.2. The Morgan fingerprint density at radius 3 is 2.42 bits per heavy atom. The zero-order valence-corrected chi connectivity index (χ0v) is 14.4. The molecule has 0 spiro atoms. The number of carbonyl (C=O) groups is 2. The van der Waals surface area contributed by atoms with Crippen LogP contribution in [-0.2, 0) is 15.7 Å². The van der Waals surface area contributed by atoms with Crippen LogP contribution in [0.3, 0.4) is 0 Å². The second kappa shape index (κ2) is 7.03. The van der Waals surface area contributed by atoms with Crippen LogP contribution < -0.4 is 4.90 Å². The van der Waals surface area contributed by atoms with Crippen LogP contribution in [-0.4, -0.2) is 24.7 Å². The fourth-order valence-corrected chi connectivity index (χ4v) is 3.99. The zero-order chi connectivity index (χ0) is 18.9. The molecule has 1 heterocycles. The summed E-state index contributed by atoms with van der Waals surface area (Å²) >= 11 is 1.14. The highest BCUT2D eigenvalue weighted by Gasteiger charge is 2.40. The van der Waals surface area contributed by atoms with Gasteiger partial charge < -0.3 is 4.74 Å². The number of amides is 1. The number of esters is 1. The summed E-state index contributed by atoms with van der Waals surface area (Å²) in [5, 5.41) is -0.788. The molecular formula is C18H14F3NO3S. The number of rotatable bonds is 3. The highest BCUT2D eigenvalue weighted by Crippen LogP contribution is 2.46. The average molecular weight is 381 g/mol. The first kappa shape index (κ1) is 18.3. The smallest absolute Gasteiger partial charge is 0.416 e. The maximum atomic E-state index is 13.3. The monoisotopic (exact) mass is 381 g/mol. The predicted octanol–water partition coefficient (Wildman–Crippen LogP) is 4.27. The van der Waals surface area contributed by atoms with Gasteiger partial charge in [0.25, 0.3) is 0 Å². The van der Waals surface area contributed by atoms with Crippen molar-refractivity contribution in [1.82, 2.24) is 0 Å². The molecule has 26 heavy (non-hydrogen) atoms. The van der Waals surface area contributed by atoms with Crippen molar-refractivity contribution in [2.75, 3.05) is 17.8 Å². The van der Waals surface area contributed by atoms with Gasteiger partial charge in [-0.15, -0.1) is 11.8 Å². The van der Waals surface area contributed by atoms with Crippen LogP contribution in [0.2, 0.25) is 0 Å². The third-order valence-electron chi connectivity index (χ3n) is 3.97. The maximum absolute atomic E-state index is 13.3. The minimum absolute atomic E-state index is 0.0351. The molecule has 3 rings (SSSR count). The number of carbonyl (C=O) groups excluding carboxylic acids is 2. The Bertz CT molecular complexity index is 836. The predicted molar refractivity (Wildman–Crippen MR) is 91.9 cm³/mol. The van der Waals surface area contributed by atoms with Crippen molar-refractivity contribution >= 4 is 29.3 Å². The van der Waals surface area contributed by atoms with E-state index in [4.69, 9.17) is 0 Å². The van der Waals surface area contributed by atoms with Gasteiger partial charge >= 0.3 is 12.1 Å². The summed E-state index contributed by atoms with van der Waals surface area (Å²) in [6.45, 7) is 0. The number of thioether (sulfide) groups is 1. The third kappa shape index (κ3) is 3.41. The Labute approximate surface area is 151 Å². The van der Waals surface area contributed by atoms with Gasteiger partial charge in [-0.1, -0.05) is 18.2 Å². The first-order valence-electron chi connectivity index (χ1n) is 7.61. The summed E-state index contributed by atoms with van der Waals surface area (Å²) < 4.78 is 44.7. The van der Waals surface area contributed by atoms with Crippen LogP contribution in [0.25, 0.3) is 0 Å². The van der Waals surface area contributed by atoms with Crippen LogP contribution in [0.5, 0.6) is 0 Å². The summed E-state index contributed by atoms with van der Waals surface area (Å²) in [6.07, 6.45) is -4.51. The molecule has 1 amide bonds. The van der Waals surface area contributed by atoms with Crippen molar-refractivity contribution in [3.05, 3.63) is 65.2 Å². The second-order valence-electron chi connectivity index (χ2n) is 5.55. The molecular weight excluding hydrogens is 367 g/mol. The fourth-order valence-electron chi connectivity index (χ4n) is 2.78. The minimum atomic E-state index is -4.51. The van der Waals surface area contributed by atoms with Crippen LogP contribution in [0.4, 0.5) is 18.9 Å². The Morgan fingerprint density at radius 2 is 1.81 bits per heavy atom. The van der Waals surface area contributed by atoms with Gasteiger partial charge in [0, 0.05) is 5.69 Å². The number of methoxy groups -OCH3 is 1. The first-order chi connectivity index (χ1) is 12.3. The lowest BCUT2D eigenvalue weighted by Crippen LogP contribution is -2.29. The van der Waals surface area contributed by atoms with Gasteiger partial charge in [0.1, 0.15) is 5.37 Å². The van der Waals surface area contributed by atoms with Crippen LogP contribution in [0.1, 0.15) is 26.9 Å². The normalized spacial score (nSPS) is 17.5. The average Bonchev–Trinajstić information content (AvgIpc) is 3.02. The number of ether oxygens (including phenoxy) is 1. The molecule has 1 fully saturated rings. The number of hydrogen-bond acceptors (Lipinski definition) is 4. The molecule has 136 valence electrons. The quantitative estimate of drug-likeness (QED) is 0.745. The van der Waals surface area contributed by atoms with E-state index in [1.54, 1.807) is 0 Å². The molecule has 0 radical (unpaired) electrons. The van der Waals surface area contributed by atoms with Crippen molar-refractivity contribution in [2.45, 2.75) is 11.6 Å². The van der Waals surface area contributed by atoms with Crippen LogP contribution in [0, 0.1) is 0 Å². The minimum Gasteiger partial charge on any atom is -0.465 e. The number of halogens is 3. The van der Waals surface area contributed by atoms with Crippen molar-refractivity contribution in [3.63, 3.8) is 0 Å². The van der Waals surface area contributed by atoms with Gasteiger partial charge in [-0.2, -0.15) is 13.2 Å². The number of alkyl halides is 3. The zero-order valence-electron chi connectivity index (χ0n) is 13.6. The van der Waals surface area contributed by atoms with E-state index in [0.717, 1.165) is 17.8 Å². The van der Waals surface area contributed by atoms with E-state index in [1.165, 1.54) is 54.5 Å². The molecule has 2 aromatic rings. The van der Waals surface area contributed by atoms with Crippen molar-refractivity contribution in [3.8, 4) is 0 Å². The van der Waals surface area contributed by atoms with Crippen molar-refractivity contribution in [1.29, 1.82) is 0 Å². The number of hydrogen-bond donors (Lipinski definition) is 0. The van der Waals surface area contributed by atoms with E-state index in [9.17, 15) is 22.8 Å². The Hall–Kier alpha value is -2.48. The van der Waals surface area contributed by atoms with Crippen molar-refractivity contribution in [2.24, 2.45) is 0 Å². The molecule has 2 aromatic carbocycles. The van der Waals surface area contributed by atoms with Gasteiger partial charge in [0.05, 0.1) is 24.0 Å². The SMILES string of the molecule is COC(=O)c1ccc(N2C(=O)CS[C@H]2c2ccccc2C(F)(F)F)cc1. The molecule has 0 N–H and O–H groups in total. The van der Waals surface area contributed by atoms with E-state index in [-0.39, 0.29) is 17.2 Å². The van der Waals surface area contributed by atoms with Gasteiger partial charge in [-0.3, -0.25) is 9.69 Å². The van der Waals surface area contributed by atoms with E-state index in [0.29, 0.717) is 11.3 Å². The summed E-state index contributed by atoms with van der Waals surface area (Å²) in [4.78, 5) is 25.2. The van der Waals surface area contributed by atoms with E-state index < -0.39 is 23.1 Å². The molecule has 1 atom stereocenters. The lowest BCUT2D eigenvalue weighted by molar-refractivity contribution is -0.138. The topological polar surface area (TPSA) is 46.6 Å². The number of anilines is 1. The summed E-state index contributed by atoms with van der Waals surface area (Å²) in [5.74, 6) is -0.740. The first-order valence-corrected chi connectivity index (χ1v) is 8.66. The van der Waals surface area contributed by atoms with Gasteiger partial charge in [0.2, 0.25) is 5.91 Å². The molecule has 0 bridgehead atoms. The molecule has 1 saturated heterocycles. The van der Waals surface area contributed by atoms with Crippen molar-refractivity contribution < 1.29 is 27.5 Å². The summed E-state index contributed by atoms with van der Waals surface area (Å²) in [5.41, 5.74) is -0.00584. The Morgan fingerprint density at radius 1 is 1.15 bits per heavy atom. The molecule has 8 heteroatoms. The fraction of sp³-hybridized carbons (Fsp3) is 0.222. The van der Waals surface area contributed by atoms with E-state index in [1.807, 2.05) is 0 Å². The third-order valence-corrected chi connectivity index (χ3v) is 5.16. The van der Waals surface area contributed by atoms with Gasteiger partial charge in [-0.05, 0) is 35.9 Å². The van der Waals surface area contributed by atoms with Crippen LogP contribution in [0.15, 0.2) is 48.5 Å². The Balaban J connectivity index is 2.00. The summed E-state index contributed by atoms with van der Waals surface area (Å²) in [6, 6.07) is 11.2.